The Morgan fingerprint density at radius 3 is 2.90 bits per heavy atom. The van der Waals surface area contributed by atoms with Gasteiger partial charge in [0.15, 0.2) is 0 Å². The minimum atomic E-state index is -0.538. The molecule has 1 fully saturated rings. The highest BCUT2D eigenvalue weighted by Gasteiger charge is 2.30. The second-order valence-corrected chi connectivity index (χ2v) is 5.58. The lowest BCUT2D eigenvalue weighted by atomic mass is 9.92. The van der Waals surface area contributed by atoms with Gasteiger partial charge in [-0.2, -0.15) is 0 Å². The van der Waals surface area contributed by atoms with Crippen molar-refractivity contribution in [3.63, 3.8) is 0 Å². The molecule has 0 saturated carbocycles. The van der Waals surface area contributed by atoms with E-state index in [2.05, 4.69) is 6.92 Å². The van der Waals surface area contributed by atoms with Gasteiger partial charge >= 0.3 is 0 Å². The van der Waals surface area contributed by atoms with Crippen LogP contribution in [0.15, 0.2) is 18.2 Å². The van der Waals surface area contributed by atoms with E-state index in [-0.39, 0.29) is 29.9 Å². The zero-order valence-electron chi connectivity index (χ0n) is 11.3. The van der Waals surface area contributed by atoms with Crippen LogP contribution in [-0.2, 0) is 0 Å². The number of benzene rings is 1. The normalized spacial score (nSPS) is 22.3. The molecule has 1 aromatic rings. The third kappa shape index (κ3) is 3.62. The van der Waals surface area contributed by atoms with E-state index in [1.54, 1.807) is 4.90 Å². The second kappa shape index (κ2) is 7.25. The Morgan fingerprint density at radius 1 is 1.55 bits per heavy atom. The van der Waals surface area contributed by atoms with Crippen LogP contribution < -0.4 is 5.73 Å². The third-order valence-electron chi connectivity index (χ3n) is 3.67. The number of likely N-dealkylation sites (tertiary alicyclic amines) is 1. The number of rotatable bonds is 2. The highest BCUT2D eigenvalue weighted by Crippen LogP contribution is 2.25. The number of piperidine rings is 1. The molecule has 0 spiro atoms. The summed E-state index contributed by atoms with van der Waals surface area (Å²) < 4.78 is 13.7. The van der Waals surface area contributed by atoms with Crippen molar-refractivity contribution in [2.75, 3.05) is 13.1 Å². The number of carbonyl (C=O) groups excluding carboxylic acids is 1. The standard InChI is InChI=1S/C14H18ClFN2O.ClH/c1-9-4-5-18(11(6-9)8-17)14(19)12-7-10(15)2-3-13(12)16;/h2-3,7,9,11H,4-6,8,17H2,1H3;1H. The predicted octanol–water partition coefficient (Wildman–Crippen LogP) is 3.10. The zero-order chi connectivity index (χ0) is 14.0. The maximum absolute atomic E-state index is 13.7. The molecule has 2 atom stereocenters. The Bertz CT molecular complexity index is 484. The van der Waals surface area contributed by atoms with Crippen molar-refractivity contribution in [3.05, 3.63) is 34.6 Å². The lowest BCUT2D eigenvalue weighted by molar-refractivity contribution is 0.0569. The molecule has 0 aromatic heterocycles. The van der Waals surface area contributed by atoms with Crippen LogP contribution in [0.5, 0.6) is 0 Å². The van der Waals surface area contributed by atoms with Crippen molar-refractivity contribution >= 4 is 29.9 Å². The molecular weight excluding hydrogens is 302 g/mol. The van der Waals surface area contributed by atoms with Crippen LogP contribution in [0.25, 0.3) is 0 Å². The average Bonchev–Trinajstić information content (AvgIpc) is 2.40. The molecule has 20 heavy (non-hydrogen) atoms. The highest BCUT2D eigenvalue weighted by atomic mass is 35.5. The van der Waals surface area contributed by atoms with Crippen LogP contribution in [0.4, 0.5) is 4.39 Å². The smallest absolute Gasteiger partial charge is 0.257 e. The van der Waals surface area contributed by atoms with E-state index in [1.165, 1.54) is 18.2 Å². The van der Waals surface area contributed by atoms with Gasteiger partial charge < -0.3 is 10.6 Å². The maximum atomic E-state index is 13.7. The number of hydrogen-bond acceptors (Lipinski definition) is 2. The molecule has 0 radical (unpaired) electrons. The topological polar surface area (TPSA) is 46.3 Å². The van der Waals surface area contributed by atoms with Gasteiger partial charge in [-0.1, -0.05) is 18.5 Å². The fourth-order valence-corrected chi connectivity index (χ4v) is 2.73. The lowest BCUT2D eigenvalue weighted by Crippen LogP contribution is -2.49. The minimum Gasteiger partial charge on any atom is -0.334 e. The number of hydrogen-bond donors (Lipinski definition) is 1. The molecule has 2 unspecified atom stereocenters. The minimum absolute atomic E-state index is 0. The number of carbonyl (C=O) groups is 1. The Hall–Kier alpha value is -0.840. The molecule has 1 aliphatic rings. The van der Waals surface area contributed by atoms with Gasteiger partial charge in [-0.25, -0.2) is 4.39 Å². The van der Waals surface area contributed by atoms with Crippen LogP contribution in [-0.4, -0.2) is 29.9 Å². The molecule has 1 heterocycles. The molecule has 3 nitrogen and oxygen atoms in total. The summed E-state index contributed by atoms with van der Waals surface area (Å²) in [5.41, 5.74) is 5.75. The van der Waals surface area contributed by atoms with Crippen LogP contribution in [0, 0.1) is 11.7 Å². The predicted molar refractivity (Wildman–Crippen MR) is 80.9 cm³/mol. The van der Waals surface area contributed by atoms with E-state index in [0.29, 0.717) is 24.0 Å². The van der Waals surface area contributed by atoms with Gasteiger partial charge in [0.2, 0.25) is 0 Å². The molecule has 1 saturated heterocycles. The number of amides is 1. The van der Waals surface area contributed by atoms with Crippen LogP contribution >= 0.6 is 24.0 Å². The van der Waals surface area contributed by atoms with Gasteiger partial charge in [0.25, 0.3) is 5.91 Å². The fourth-order valence-electron chi connectivity index (χ4n) is 2.56. The monoisotopic (exact) mass is 320 g/mol. The largest absolute Gasteiger partial charge is 0.334 e. The van der Waals surface area contributed by atoms with Crippen molar-refractivity contribution in [2.24, 2.45) is 11.7 Å². The first-order chi connectivity index (χ1) is 9.02. The van der Waals surface area contributed by atoms with Gasteiger partial charge in [0, 0.05) is 24.2 Å². The molecule has 0 bridgehead atoms. The molecule has 2 N–H and O–H groups in total. The number of nitrogens with two attached hydrogens (primary N) is 1. The third-order valence-corrected chi connectivity index (χ3v) is 3.90. The summed E-state index contributed by atoms with van der Waals surface area (Å²) in [6.07, 6.45) is 1.79. The van der Waals surface area contributed by atoms with Crippen molar-refractivity contribution in [1.29, 1.82) is 0 Å². The molecule has 2 rings (SSSR count). The van der Waals surface area contributed by atoms with E-state index in [4.69, 9.17) is 17.3 Å². The first-order valence-electron chi connectivity index (χ1n) is 6.49. The molecule has 0 aliphatic carbocycles. The molecule has 1 aliphatic heterocycles. The Morgan fingerprint density at radius 2 is 2.25 bits per heavy atom. The molecule has 1 aromatic carbocycles. The SMILES string of the molecule is CC1CCN(C(=O)c2cc(Cl)ccc2F)C(CN)C1.Cl. The number of halogens is 3. The van der Waals surface area contributed by atoms with E-state index < -0.39 is 5.82 Å². The average molecular weight is 321 g/mol. The second-order valence-electron chi connectivity index (χ2n) is 5.14. The first kappa shape index (κ1) is 17.2. The number of nitrogens with zero attached hydrogens (tertiary/aromatic N) is 1. The van der Waals surface area contributed by atoms with Crippen molar-refractivity contribution in [3.8, 4) is 0 Å². The van der Waals surface area contributed by atoms with Crippen LogP contribution in [0.2, 0.25) is 5.02 Å². The van der Waals surface area contributed by atoms with Gasteiger partial charge in [0.1, 0.15) is 5.82 Å². The summed E-state index contributed by atoms with van der Waals surface area (Å²) in [4.78, 5) is 14.1. The van der Waals surface area contributed by atoms with E-state index in [1.807, 2.05) is 0 Å². The quantitative estimate of drug-likeness (QED) is 0.910. The van der Waals surface area contributed by atoms with Gasteiger partial charge in [-0.3, -0.25) is 4.79 Å². The maximum Gasteiger partial charge on any atom is 0.257 e. The molecule has 112 valence electrons. The summed E-state index contributed by atoms with van der Waals surface area (Å²) in [5.74, 6) is -0.312. The van der Waals surface area contributed by atoms with E-state index in [9.17, 15) is 9.18 Å². The van der Waals surface area contributed by atoms with Crippen LogP contribution in [0.3, 0.4) is 0 Å². The van der Waals surface area contributed by atoms with Gasteiger partial charge in [-0.15, -0.1) is 12.4 Å². The highest BCUT2D eigenvalue weighted by molar-refractivity contribution is 6.31. The van der Waals surface area contributed by atoms with Crippen molar-refractivity contribution in [1.82, 2.24) is 4.90 Å². The molecular formula is C14H19Cl2FN2O. The summed E-state index contributed by atoms with van der Waals surface area (Å²) in [6, 6.07) is 4.02. The zero-order valence-corrected chi connectivity index (χ0v) is 12.9. The first-order valence-corrected chi connectivity index (χ1v) is 6.86. The summed E-state index contributed by atoms with van der Waals surface area (Å²) in [7, 11) is 0. The molecule has 1 amide bonds. The summed E-state index contributed by atoms with van der Waals surface area (Å²) in [6.45, 7) is 3.16. The summed E-state index contributed by atoms with van der Waals surface area (Å²) >= 11 is 5.83. The Labute approximate surface area is 129 Å². The van der Waals surface area contributed by atoms with E-state index >= 15 is 0 Å². The Balaban J connectivity index is 0.00000200. The van der Waals surface area contributed by atoms with Gasteiger partial charge in [-0.05, 0) is 37.0 Å². The summed E-state index contributed by atoms with van der Waals surface area (Å²) in [5, 5.41) is 0.361. The van der Waals surface area contributed by atoms with Crippen molar-refractivity contribution in [2.45, 2.75) is 25.8 Å². The molecule has 6 heteroatoms. The fraction of sp³-hybridized carbons (Fsp3) is 0.500. The Kier molecular flexibility index (Phi) is 6.24. The van der Waals surface area contributed by atoms with Gasteiger partial charge in [0.05, 0.1) is 5.56 Å². The van der Waals surface area contributed by atoms with Crippen molar-refractivity contribution < 1.29 is 9.18 Å². The lowest BCUT2D eigenvalue weighted by Gasteiger charge is -2.38. The van der Waals surface area contributed by atoms with E-state index in [0.717, 1.165) is 12.8 Å². The van der Waals surface area contributed by atoms with Crippen LogP contribution in [0.1, 0.15) is 30.1 Å².